The SMILES string of the molecule is Cc1cc(NC(=O)CCn2ncc([N+](=O)[O-])c2C)nn1Cc1ccccc1Cl. The number of nitrogens with one attached hydrogen (secondary N) is 1. The van der Waals surface area contributed by atoms with Gasteiger partial charge in [-0.1, -0.05) is 29.8 Å². The normalized spacial score (nSPS) is 10.8. The first-order chi connectivity index (χ1) is 13.3. The molecule has 2 aromatic heterocycles. The minimum absolute atomic E-state index is 0.0608. The zero-order valence-electron chi connectivity index (χ0n) is 15.4. The zero-order chi connectivity index (χ0) is 20.3. The van der Waals surface area contributed by atoms with Gasteiger partial charge in [-0.05, 0) is 25.5 Å². The number of benzene rings is 1. The topological polar surface area (TPSA) is 108 Å². The van der Waals surface area contributed by atoms with E-state index in [0.717, 1.165) is 11.3 Å². The average molecular weight is 403 g/mol. The Hall–Kier alpha value is -3.20. The van der Waals surface area contributed by atoms with Gasteiger partial charge < -0.3 is 5.32 Å². The lowest BCUT2D eigenvalue weighted by atomic mass is 10.2. The first-order valence-corrected chi connectivity index (χ1v) is 8.97. The molecular weight excluding hydrogens is 384 g/mol. The lowest BCUT2D eigenvalue weighted by molar-refractivity contribution is -0.385. The molecule has 146 valence electrons. The summed E-state index contributed by atoms with van der Waals surface area (Å²) in [5, 5.41) is 22.6. The highest BCUT2D eigenvalue weighted by atomic mass is 35.5. The molecule has 10 heteroatoms. The number of carbonyl (C=O) groups is 1. The fourth-order valence-corrected chi connectivity index (χ4v) is 2.97. The maximum absolute atomic E-state index is 12.2. The van der Waals surface area contributed by atoms with Crippen LogP contribution in [0.5, 0.6) is 0 Å². The highest BCUT2D eigenvalue weighted by Crippen LogP contribution is 2.19. The molecule has 3 aromatic rings. The Morgan fingerprint density at radius 3 is 2.71 bits per heavy atom. The van der Waals surface area contributed by atoms with Crippen LogP contribution in [-0.4, -0.2) is 30.4 Å². The number of nitrogens with zero attached hydrogens (tertiary/aromatic N) is 5. The van der Waals surface area contributed by atoms with Gasteiger partial charge in [0, 0.05) is 23.2 Å². The molecule has 28 heavy (non-hydrogen) atoms. The van der Waals surface area contributed by atoms with E-state index in [1.807, 2.05) is 31.2 Å². The number of aromatic nitrogens is 4. The number of anilines is 1. The predicted octanol–water partition coefficient (Wildman–Crippen LogP) is 3.34. The smallest absolute Gasteiger partial charge is 0.309 e. The molecule has 0 aliphatic carbocycles. The van der Waals surface area contributed by atoms with Gasteiger partial charge in [0.2, 0.25) is 5.91 Å². The molecule has 9 nitrogen and oxygen atoms in total. The lowest BCUT2D eigenvalue weighted by Crippen LogP contribution is -2.16. The van der Waals surface area contributed by atoms with Crippen LogP contribution in [0.1, 0.15) is 23.4 Å². The summed E-state index contributed by atoms with van der Waals surface area (Å²) in [6.07, 6.45) is 1.31. The van der Waals surface area contributed by atoms with E-state index in [9.17, 15) is 14.9 Å². The predicted molar refractivity (Wildman–Crippen MR) is 104 cm³/mol. The average Bonchev–Trinajstić information content (AvgIpc) is 3.17. The van der Waals surface area contributed by atoms with Crippen LogP contribution in [0.15, 0.2) is 36.5 Å². The second-order valence-corrected chi connectivity index (χ2v) is 6.72. The summed E-state index contributed by atoms with van der Waals surface area (Å²) in [5.74, 6) is 0.192. The number of amides is 1. The van der Waals surface area contributed by atoms with Crippen molar-refractivity contribution in [3.63, 3.8) is 0 Å². The Kier molecular flexibility index (Phi) is 5.74. The second kappa shape index (κ2) is 8.22. The summed E-state index contributed by atoms with van der Waals surface area (Å²) >= 11 is 6.19. The first-order valence-electron chi connectivity index (χ1n) is 8.59. The van der Waals surface area contributed by atoms with Gasteiger partial charge in [0.05, 0.1) is 18.0 Å². The second-order valence-electron chi connectivity index (χ2n) is 6.31. The minimum atomic E-state index is -0.493. The van der Waals surface area contributed by atoms with Gasteiger partial charge in [0.15, 0.2) is 5.82 Å². The molecule has 0 unspecified atom stereocenters. The number of hydrogen-bond acceptors (Lipinski definition) is 5. The van der Waals surface area contributed by atoms with Gasteiger partial charge >= 0.3 is 5.69 Å². The van der Waals surface area contributed by atoms with E-state index in [2.05, 4.69) is 15.5 Å². The van der Waals surface area contributed by atoms with Crippen LogP contribution in [0.3, 0.4) is 0 Å². The Bertz CT molecular complexity index is 1030. The molecule has 0 saturated carbocycles. The van der Waals surface area contributed by atoms with E-state index >= 15 is 0 Å². The number of rotatable bonds is 7. The fourth-order valence-electron chi connectivity index (χ4n) is 2.77. The van der Waals surface area contributed by atoms with Crippen molar-refractivity contribution in [2.45, 2.75) is 33.4 Å². The van der Waals surface area contributed by atoms with Crippen molar-refractivity contribution in [3.05, 3.63) is 68.6 Å². The van der Waals surface area contributed by atoms with Gasteiger partial charge in [0.25, 0.3) is 0 Å². The number of carbonyl (C=O) groups excluding carboxylic acids is 1. The summed E-state index contributed by atoms with van der Waals surface area (Å²) in [5.41, 5.74) is 2.17. The van der Waals surface area contributed by atoms with Crippen molar-refractivity contribution >= 4 is 29.0 Å². The van der Waals surface area contributed by atoms with E-state index in [1.54, 1.807) is 17.7 Å². The Morgan fingerprint density at radius 1 is 1.29 bits per heavy atom. The van der Waals surface area contributed by atoms with Gasteiger partial charge in [-0.25, -0.2) is 0 Å². The van der Waals surface area contributed by atoms with Crippen molar-refractivity contribution < 1.29 is 9.72 Å². The monoisotopic (exact) mass is 402 g/mol. The van der Waals surface area contributed by atoms with Crippen molar-refractivity contribution in [3.8, 4) is 0 Å². The molecule has 0 spiro atoms. The van der Waals surface area contributed by atoms with Crippen molar-refractivity contribution in [1.29, 1.82) is 0 Å². The van der Waals surface area contributed by atoms with Crippen LogP contribution in [0.2, 0.25) is 5.02 Å². The fraction of sp³-hybridized carbons (Fsp3) is 0.278. The van der Waals surface area contributed by atoms with E-state index < -0.39 is 4.92 Å². The van der Waals surface area contributed by atoms with Crippen LogP contribution in [0, 0.1) is 24.0 Å². The van der Waals surface area contributed by atoms with Gasteiger partial charge in [-0.15, -0.1) is 0 Å². The van der Waals surface area contributed by atoms with E-state index in [0.29, 0.717) is 23.1 Å². The molecule has 0 aliphatic rings. The minimum Gasteiger partial charge on any atom is -0.309 e. The van der Waals surface area contributed by atoms with Crippen LogP contribution < -0.4 is 5.32 Å². The third-order valence-electron chi connectivity index (χ3n) is 4.35. The number of halogens is 1. The quantitative estimate of drug-likeness (QED) is 0.481. The molecule has 0 saturated heterocycles. The van der Waals surface area contributed by atoms with E-state index in [-0.39, 0.29) is 24.6 Å². The third-order valence-corrected chi connectivity index (χ3v) is 4.72. The molecule has 0 fully saturated rings. The van der Waals surface area contributed by atoms with Crippen LogP contribution in [0.4, 0.5) is 11.5 Å². The number of hydrogen-bond donors (Lipinski definition) is 1. The van der Waals surface area contributed by atoms with Crippen LogP contribution in [0.25, 0.3) is 0 Å². The van der Waals surface area contributed by atoms with Crippen LogP contribution >= 0.6 is 11.6 Å². The highest BCUT2D eigenvalue weighted by molar-refractivity contribution is 6.31. The van der Waals surface area contributed by atoms with Crippen LogP contribution in [-0.2, 0) is 17.9 Å². The molecule has 0 radical (unpaired) electrons. The maximum atomic E-state index is 12.2. The molecule has 0 aliphatic heterocycles. The molecule has 0 atom stereocenters. The molecule has 0 bridgehead atoms. The highest BCUT2D eigenvalue weighted by Gasteiger charge is 2.17. The van der Waals surface area contributed by atoms with E-state index in [1.165, 1.54) is 10.9 Å². The van der Waals surface area contributed by atoms with Crippen molar-refractivity contribution in [1.82, 2.24) is 19.6 Å². The third kappa shape index (κ3) is 4.37. The summed E-state index contributed by atoms with van der Waals surface area (Å²) < 4.78 is 3.21. The Labute approximate surface area is 166 Å². The van der Waals surface area contributed by atoms with Crippen molar-refractivity contribution in [2.75, 3.05) is 5.32 Å². The standard InChI is InChI=1S/C18H19ClN6O3/c1-12-9-17(22-24(12)11-14-5-3-4-6-15(14)19)21-18(26)7-8-23-13(2)16(10-20-23)25(27)28/h3-6,9-10H,7-8,11H2,1-2H3,(H,21,22,26). The molecule has 2 heterocycles. The summed E-state index contributed by atoms with van der Waals surface area (Å²) in [6, 6.07) is 9.29. The van der Waals surface area contributed by atoms with Gasteiger partial charge in [-0.3, -0.25) is 24.3 Å². The van der Waals surface area contributed by atoms with Gasteiger partial charge in [0.1, 0.15) is 11.9 Å². The molecule has 1 aromatic carbocycles. The van der Waals surface area contributed by atoms with Gasteiger partial charge in [-0.2, -0.15) is 10.2 Å². The summed E-state index contributed by atoms with van der Waals surface area (Å²) in [7, 11) is 0. The number of aryl methyl sites for hydroxylation is 2. The largest absolute Gasteiger partial charge is 0.309 e. The number of nitro groups is 1. The van der Waals surface area contributed by atoms with E-state index in [4.69, 9.17) is 11.6 Å². The molecule has 1 amide bonds. The molecular formula is C18H19ClN6O3. The molecule has 1 N–H and O–H groups in total. The Morgan fingerprint density at radius 2 is 2.04 bits per heavy atom. The summed E-state index contributed by atoms with van der Waals surface area (Å²) in [4.78, 5) is 22.6. The lowest BCUT2D eigenvalue weighted by Gasteiger charge is -2.06. The molecule has 3 rings (SSSR count). The Balaban J connectivity index is 1.60. The zero-order valence-corrected chi connectivity index (χ0v) is 16.2. The summed E-state index contributed by atoms with van der Waals surface area (Å²) in [6.45, 7) is 4.23. The maximum Gasteiger partial charge on any atom is 0.309 e. The first kappa shape index (κ1) is 19.6. The van der Waals surface area contributed by atoms with Crippen molar-refractivity contribution in [2.24, 2.45) is 0 Å².